The number of carbonyl (C=O) groups is 2. The molecular weight excluding hydrogens is 470 g/mol. The van der Waals surface area contributed by atoms with E-state index in [0.29, 0.717) is 28.8 Å². The average molecular weight is 496 g/mol. The van der Waals surface area contributed by atoms with Crippen LogP contribution in [0.5, 0.6) is 0 Å². The van der Waals surface area contributed by atoms with Crippen molar-refractivity contribution in [2.75, 3.05) is 41.0 Å². The Kier molecular flexibility index (Phi) is 7.44. The van der Waals surface area contributed by atoms with Crippen LogP contribution in [0.2, 0.25) is 4.34 Å². The third-order valence-electron chi connectivity index (χ3n) is 5.83. The fraction of sp³-hybridized carbons (Fsp3) is 0.500. The molecular formula is C22H26ClN3O4S2. The van der Waals surface area contributed by atoms with Crippen molar-refractivity contribution in [3.05, 3.63) is 42.7 Å². The third-order valence-corrected chi connectivity index (χ3v) is 8.17. The number of ether oxygens (including phenoxy) is 2. The largest absolute Gasteiger partial charge is 0.383 e. The first-order valence-corrected chi connectivity index (χ1v) is 12.4. The van der Waals surface area contributed by atoms with Crippen molar-refractivity contribution in [2.24, 2.45) is 10.9 Å². The maximum atomic E-state index is 13.4. The maximum absolute atomic E-state index is 13.4. The number of rotatable bonds is 6. The molecule has 0 aliphatic carbocycles. The van der Waals surface area contributed by atoms with Gasteiger partial charge in [-0.05, 0) is 37.2 Å². The minimum atomic E-state index is -0.310. The second kappa shape index (κ2) is 10.1. The minimum Gasteiger partial charge on any atom is -0.383 e. The number of methoxy groups -OCH3 is 2. The molecule has 2 aromatic heterocycles. The SMILES string of the molecule is COC[C@@H]1CC(C=NC(=O)c2ccc(Cl)s2)CN1C(=O)c1cc2c(s1)CN(C)CC2OC. The summed E-state index contributed by atoms with van der Waals surface area (Å²) in [6.45, 7) is 2.58. The van der Waals surface area contributed by atoms with Crippen LogP contribution in [0.3, 0.4) is 0 Å². The lowest BCUT2D eigenvalue weighted by molar-refractivity contribution is 0.0587. The zero-order valence-corrected chi connectivity index (χ0v) is 20.6. The van der Waals surface area contributed by atoms with Gasteiger partial charge in [0.2, 0.25) is 0 Å². The van der Waals surface area contributed by atoms with Gasteiger partial charge in [-0.2, -0.15) is 0 Å². The summed E-state index contributed by atoms with van der Waals surface area (Å²) in [5, 5.41) is 0. The van der Waals surface area contributed by atoms with Gasteiger partial charge in [0, 0.05) is 50.9 Å². The van der Waals surface area contributed by atoms with Crippen molar-refractivity contribution in [1.29, 1.82) is 0 Å². The molecule has 2 aromatic rings. The lowest BCUT2D eigenvalue weighted by Crippen LogP contribution is -2.37. The Hall–Kier alpha value is -1.62. The molecule has 172 valence electrons. The number of carbonyl (C=O) groups excluding carboxylic acids is 2. The van der Waals surface area contributed by atoms with Crippen molar-refractivity contribution in [2.45, 2.75) is 25.1 Å². The van der Waals surface area contributed by atoms with Gasteiger partial charge in [-0.15, -0.1) is 22.7 Å². The molecule has 0 radical (unpaired) electrons. The predicted molar refractivity (Wildman–Crippen MR) is 127 cm³/mol. The Morgan fingerprint density at radius 1 is 1.25 bits per heavy atom. The van der Waals surface area contributed by atoms with Gasteiger partial charge in [-0.1, -0.05) is 11.6 Å². The van der Waals surface area contributed by atoms with Gasteiger partial charge in [0.25, 0.3) is 11.8 Å². The number of likely N-dealkylation sites (N-methyl/N-ethyl adjacent to an activating group) is 1. The predicted octanol–water partition coefficient (Wildman–Crippen LogP) is 3.98. The topological polar surface area (TPSA) is 71.4 Å². The standard InChI is InChI=1S/C22H26ClN3O4S2/c1-25-10-16(30-3)15-7-18(31-19(15)11-25)22(28)26-9-13(6-14(26)12-29-2)8-24-21(27)17-4-5-20(23)32-17/h4-5,7-8,13-14,16H,6,9-12H2,1-3H3/t13?,14-,16?/m0/s1. The van der Waals surface area contributed by atoms with E-state index in [4.69, 9.17) is 21.1 Å². The number of thiophene rings is 2. The van der Waals surface area contributed by atoms with Crippen molar-refractivity contribution < 1.29 is 19.1 Å². The number of fused-ring (bicyclic) bond motifs is 1. The average Bonchev–Trinajstić information content (AvgIpc) is 3.49. The maximum Gasteiger partial charge on any atom is 0.286 e. The molecule has 10 heteroatoms. The van der Waals surface area contributed by atoms with E-state index in [0.717, 1.165) is 23.5 Å². The Labute approximate surface area is 200 Å². The molecule has 1 fully saturated rings. The van der Waals surface area contributed by atoms with Crippen LogP contribution in [-0.4, -0.2) is 74.8 Å². The summed E-state index contributed by atoms with van der Waals surface area (Å²) in [5.41, 5.74) is 1.11. The Balaban J connectivity index is 1.49. The molecule has 0 bridgehead atoms. The summed E-state index contributed by atoms with van der Waals surface area (Å²) in [7, 11) is 5.40. The molecule has 0 aromatic carbocycles. The highest BCUT2D eigenvalue weighted by atomic mass is 35.5. The number of amides is 2. The van der Waals surface area contributed by atoms with Crippen molar-refractivity contribution in [3.63, 3.8) is 0 Å². The first-order valence-electron chi connectivity index (χ1n) is 10.4. The van der Waals surface area contributed by atoms with Gasteiger partial charge in [-0.3, -0.25) is 14.5 Å². The quantitative estimate of drug-likeness (QED) is 0.567. The smallest absolute Gasteiger partial charge is 0.286 e. The van der Waals surface area contributed by atoms with Crippen LogP contribution in [0, 0.1) is 5.92 Å². The van der Waals surface area contributed by atoms with Gasteiger partial charge in [0.05, 0.1) is 32.8 Å². The zero-order chi connectivity index (χ0) is 22.8. The van der Waals surface area contributed by atoms with E-state index in [1.54, 1.807) is 32.6 Å². The first-order chi connectivity index (χ1) is 15.4. The van der Waals surface area contributed by atoms with Crippen LogP contribution in [-0.2, 0) is 16.0 Å². The van der Waals surface area contributed by atoms with Gasteiger partial charge < -0.3 is 14.4 Å². The number of halogens is 1. The van der Waals surface area contributed by atoms with E-state index in [-0.39, 0.29) is 29.9 Å². The van der Waals surface area contributed by atoms with Gasteiger partial charge in [0.1, 0.15) is 0 Å². The molecule has 0 spiro atoms. The molecule has 2 unspecified atom stereocenters. The Morgan fingerprint density at radius 2 is 2.06 bits per heavy atom. The molecule has 2 aliphatic rings. The fourth-order valence-corrected chi connectivity index (χ4v) is 6.49. The molecule has 4 rings (SSSR count). The fourth-order valence-electron chi connectivity index (χ4n) is 4.30. The molecule has 3 atom stereocenters. The Morgan fingerprint density at radius 3 is 2.75 bits per heavy atom. The number of hydrogen-bond donors (Lipinski definition) is 0. The highest BCUT2D eigenvalue weighted by Gasteiger charge is 2.37. The molecule has 2 aliphatic heterocycles. The number of nitrogens with zero attached hydrogens (tertiary/aromatic N) is 3. The lowest BCUT2D eigenvalue weighted by Gasteiger charge is -2.28. The molecule has 0 saturated carbocycles. The highest BCUT2D eigenvalue weighted by molar-refractivity contribution is 7.18. The van der Waals surface area contributed by atoms with Crippen LogP contribution in [0.4, 0.5) is 0 Å². The summed E-state index contributed by atoms with van der Waals surface area (Å²) in [6, 6.07) is 5.29. The normalized spacial score (nSPS) is 23.8. The monoisotopic (exact) mass is 495 g/mol. The van der Waals surface area contributed by atoms with Gasteiger partial charge in [0.15, 0.2) is 0 Å². The van der Waals surface area contributed by atoms with Crippen molar-refractivity contribution >= 4 is 52.3 Å². The van der Waals surface area contributed by atoms with Crippen LogP contribution >= 0.6 is 34.3 Å². The second-order valence-corrected chi connectivity index (χ2v) is 11.0. The lowest BCUT2D eigenvalue weighted by atomic mass is 10.1. The van der Waals surface area contributed by atoms with Crippen LogP contribution in [0.25, 0.3) is 0 Å². The molecule has 1 saturated heterocycles. The van der Waals surface area contributed by atoms with Crippen LogP contribution in [0.1, 0.15) is 42.3 Å². The highest BCUT2D eigenvalue weighted by Crippen LogP contribution is 2.36. The summed E-state index contributed by atoms with van der Waals surface area (Å²) in [6.07, 6.45) is 2.35. The Bertz CT molecular complexity index is 1020. The summed E-state index contributed by atoms with van der Waals surface area (Å²) >= 11 is 8.66. The van der Waals surface area contributed by atoms with Crippen LogP contribution < -0.4 is 0 Å². The molecule has 0 N–H and O–H groups in total. The van der Waals surface area contributed by atoms with Crippen molar-refractivity contribution in [3.8, 4) is 0 Å². The number of aliphatic imine (C=N–C) groups is 1. The summed E-state index contributed by atoms with van der Waals surface area (Å²) in [4.78, 5) is 36.3. The minimum absolute atomic E-state index is 0.00350. The third kappa shape index (κ3) is 4.98. The molecule has 32 heavy (non-hydrogen) atoms. The van der Waals surface area contributed by atoms with Gasteiger partial charge >= 0.3 is 0 Å². The number of hydrogen-bond acceptors (Lipinski definition) is 7. The first kappa shape index (κ1) is 23.5. The van der Waals surface area contributed by atoms with E-state index in [2.05, 4.69) is 16.9 Å². The molecule has 2 amide bonds. The number of likely N-dealkylation sites (tertiary alicyclic amines) is 1. The summed E-state index contributed by atoms with van der Waals surface area (Å²) in [5.74, 6) is -0.322. The van der Waals surface area contributed by atoms with E-state index in [1.807, 2.05) is 11.0 Å². The van der Waals surface area contributed by atoms with E-state index in [9.17, 15) is 9.59 Å². The van der Waals surface area contributed by atoms with Crippen LogP contribution in [0.15, 0.2) is 23.2 Å². The summed E-state index contributed by atoms with van der Waals surface area (Å²) < 4.78 is 11.6. The van der Waals surface area contributed by atoms with E-state index < -0.39 is 0 Å². The van der Waals surface area contributed by atoms with Crippen molar-refractivity contribution in [1.82, 2.24) is 9.80 Å². The van der Waals surface area contributed by atoms with E-state index >= 15 is 0 Å². The van der Waals surface area contributed by atoms with E-state index in [1.165, 1.54) is 27.6 Å². The second-order valence-electron chi connectivity index (χ2n) is 8.16. The molecule has 4 heterocycles. The molecule has 7 nitrogen and oxygen atoms in total. The van der Waals surface area contributed by atoms with Gasteiger partial charge in [-0.25, -0.2) is 4.99 Å². The zero-order valence-electron chi connectivity index (χ0n) is 18.2.